The molecule has 0 aliphatic rings. The fraction of sp³-hybridized carbons (Fsp3) is 0.846. The zero-order chi connectivity index (χ0) is 10.5. The quantitative estimate of drug-likeness (QED) is 0.465. The number of aliphatic hydroxyl groups excluding tert-OH is 1. The first-order valence-corrected chi connectivity index (χ1v) is 5.98. The molecule has 0 aliphatic heterocycles. The van der Waals surface area contributed by atoms with E-state index in [1.807, 2.05) is 0 Å². The predicted octanol–water partition coefficient (Wildman–Crippen LogP) is 3.51. The van der Waals surface area contributed by atoms with Crippen LogP contribution in [0.2, 0.25) is 0 Å². The molecule has 0 atom stereocenters. The van der Waals surface area contributed by atoms with E-state index in [-0.39, 0.29) is 6.61 Å². The van der Waals surface area contributed by atoms with Gasteiger partial charge in [-0.1, -0.05) is 39.0 Å². The Morgan fingerprint density at radius 3 is 2.00 bits per heavy atom. The molecule has 0 saturated carbocycles. The molecule has 14 heavy (non-hydrogen) atoms. The van der Waals surface area contributed by atoms with Gasteiger partial charge in [0, 0.05) is 19.4 Å². The number of hydrogen-bond donors (Lipinski definition) is 1. The molecule has 0 aromatic rings. The van der Waals surface area contributed by atoms with Gasteiger partial charge >= 0.3 is 0 Å². The Balaban J connectivity index is 2.99. The number of aliphatic hydroxyl groups is 1. The van der Waals surface area contributed by atoms with Gasteiger partial charge in [0.25, 0.3) is 0 Å². The van der Waals surface area contributed by atoms with Crippen LogP contribution in [-0.4, -0.2) is 11.7 Å². The van der Waals surface area contributed by atoms with Crippen LogP contribution in [0.25, 0.3) is 0 Å². The van der Waals surface area contributed by atoms with E-state index in [1.54, 1.807) is 0 Å². The van der Waals surface area contributed by atoms with Crippen molar-refractivity contribution in [3.05, 3.63) is 0 Å². The SMILES string of the molecule is CCCCCCCCC#CCCCO. The van der Waals surface area contributed by atoms with Crippen LogP contribution in [0.1, 0.15) is 64.7 Å². The van der Waals surface area contributed by atoms with E-state index in [1.165, 1.54) is 38.5 Å². The Morgan fingerprint density at radius 1 is 0.786 bits per heavy atom. The Kier molecular flexibility index (Phi) is 12.1. The third-order valence-corrected chi connectivity index (χ3v) is 2.24. The molecular weight excluding hydrogens is 172 g/mol. The lowest BCUT2D eigenvalue weighted by atomic mass is 10.1. The van der Waals surface area contributed by atoms with E-state index >= 15 is 0 Å². The normalized spacial score (nSPS) is 9.57. The molecular formula is C13H24O. The highest BCUT2D eigenvalue weighted by molar-refractivity contribution is 4.98. The molecule has 1 N–H and O–H groups in total. The van der Waals surface area contributed by atoms with E-state index in [2.05, 4.69) is 18.8 Å². The highest BCUT2D eigenvalue weighted by atomic mass is 16.2. The van der Waals surface area contributed by atoms with E-state index in [9.17, 15) is 0 Å². The molecule has 0 fully saturated rings. The summed E-state index contributed by atoms with van der Waals surface area (Å²) in [7, 11) is 0. The van der Waals surface area contributed by atoms with Gasteiger partial charge < -0.3 is 5.11 Å². The van der Waals surface area contributed by atoms with Crippen LogP contribution in [0.5, 0.6) is 0 Å². The number of unbranched alkanes of at least 4 members (excludes halogenated alkanes) is 7. The second-order valence-electron chi connectivity index (χ2n) is 3.70. The summed E-state index contributed by atoms with van der Waals surface area (Å²) in [6, 6.07) is 0. The minimum atomic E-state index is 0.270. The molecule has 0 rings (SSSR count). The molecule has 0 radical (unpaired) electrons. The maximum absolute atomic E-state index is 8.52. The lowest BCUT2D eigenvalue weighted by Crippen LogP contribution is -1.79. The van der Waals surface area contributed by atoms with Crippen LogP contribution in [0.15, 0.2) is 0 Å². The van der Waals surface area contributed by atoms with Crippen LogP contribution in [0.4, 0.5) is 0 Å². The van der Waals surface area contributed by atoms with Crippen molar-refractivity contribution in [3.8, 4) is 11.8 Å². The van der Waals surface area contributed by atoms with Crippen molar-refractivity contribution in [2.24, 2.45) is 0 Å². The third kappa shape index (κ3) is 11.5. The second kappa shape index (κ2) is 12.5. The monoisotopic (exact) mass is 196 g/mol. The van der Waals surface area contributed by atoms with Crippen LogP contribution < -0.4 is 0 Å². The lowest BCUT2D eigenvalue weighted by Gasteiger charge is -1.96. The first kappa shape index (κ1) is 13.5. The summed E-state index contributed by atoms with van der Waals surface area (Å²) in [5, 5.41) is 8.52. The van der Waals surface area contributed by atoms with Gasteiger partial charge in [-0.2, -0.15) is 0 Å². The van der Waals surface area contributed by atoms with E-state index in [0.29, 0.717) is 0 Å². The maximum Gasteiger partial charge on any atom is 0.0440 e. The maximum atomic E-state index is 8.52. The van der Waals surface area contributed by atoms with E-state index < -0.39 is 0 Å². The summed E-state index contributed by atoms with van der Waals surface area (Å²) >= 11 is 0. The van der Waals surface area contributed by atoms with Crippen molar-refractivity contribution in [1.29, 1.82) is 0 Å². The first-order chi connectivity index (χ1) is 6.91. The molecule has 0 heterocycles. The van der Waals surface area contributed by atoms with Gasteiger partial charge in [-0.15, -0.1) is 11.8 Å². The fourth-order valence-corrected chi connectivity index (χ4v) is 1.34. The molecule has 1 heteroatoms. The van der Waals surface area contributed by atoms with Crippen molar-refractivity contribution < 1.29 is 5.11 Å². The summed E-state index contributed by atoms with van der Waals surface area (Å²) in [5.74, 6) is 6.23. The first-order valence-electron chi connectivity index (χ1n) is 5.98. The average molecular weight is 196 g/mol. The van der Waals surface area contributed by atoms with Gasteiger partial charge in [0.2, 0.25) is 0 Å². The second-order valence-corrected chi connectivity index (χ2v) is 3.70. The summed E-state index contributed by atoms with van der Waals surface area (Å²) in [4.78, 5) is 0. The van der Waals surface area contributed by atoms with Gasteiger partial charge in [-0.05, 0) is 12.8 Å². The predicted molar refractivity (Wildman–Crippen MR) is 62.1 cm³/mol. The van der Waals surface area contributed by atoms with Crippen LogP contribution in [-0.2, 0) is 0 Å². The van der Waals surface area contributed by atoms with Gasteiger partial charge in [0.05, 0.1) is 0 Å². The molecule has 0 aliphatic carbocycles. The zero-order valence-electron chi connectivity index (χ0n) is 9.52. The van der Waals surface area contributed by atoms with Gasteiger partial charge in [0.1, 0.15) is 0 Å². The Labute approximate surface area is 88.9 Å². The van der Waals surface area contributed by atoms with Crippen molar-refractivity contribution in [2.45, 2.75) is 64.7 Å². The number of rotatable bonds is 8. The van der Waals surface area contributed by atoms with Crippen molar-refractivity contribution in [2.75, 3.05) is 6.61 Å². The van der Waals surface area contributed by atoms with Crippen LogP contribution in [0.3, 0.4) is 0 Å². The Hall–Kier alpha value is -0.480. The molecule has 0 aromatic heterocycles. The van der Waals surface area contributed by atoms with E-state index in [0.717, 1.165) is 19.3 Å². The van der Waals surface area contributed by atoms with Crippen molar-refractivity contribution >= 4 is 0 Å². The van der Waals surface area contributed by atoms with Gasteiger partial charge in [-0.25, -0.2) is 0 Å². The molecule has 0 aromatic carbocycles. The Morgan fingerprint density at radius 2 is 1.36 bits per heavy atom. The molecule has 0 bridgehead atoms. The van der Waals surface area contributed by atoms with Gasteiger partial charge in [0.15, 0.2) is 0 Å². The minimum Gasteiger partial charge on any atom is -0.396 e. The standard InChI is InChI=1S/C13H24O/c1-2-3-4-5-6-7-8-9-10-11-12-13-14/h14H,2-8,11-13H2,1H3. The highest BCUT2D eigenvalue weighted by Crippen LogP contribution is 2.06. The molecule has 0 spiro atoms. The van der Waals surface area contributed by atoms with Crippen molar-refractivity contribution in [1.82, 2.24) is 0 Å². The summed E-state index contributed by atoms with van der Waals surface area (Å²) in [5.41, 5.74) is 0. The molecule has 0 unspecified atom stereocenters. The molecule has 0 saturated heterocycles. The Bertz CT molecular complexity index is 152. The third-order valence-electron chi connectivity index (χ3n) is 2.24. The molecule has 1 nitrogen and oxygen atoms in total. The molecule has 0 amide bonds. The van der Waals surface area contributed by atoms with E-state index in [4.69, 9.17) is 5.11 Å². The summed E-state index contributed by atoms with van der Waals surface area (Å²) in [6.45, 7) is 2.51. The topological polar surface area (TPSA) is 20.2 Å². The zero-order valence-corrected chi connectivity index (χ0v) is 9.52. The largest absolute Gasteiger partial charge is 0.396 e. The highest BCUT2D eigenvalue weighted by Gasteiger charge is 1.87. The number of hydrogen-bond acceptors (Lipinski definition) is 1. The lowest BCUT2D eigenvalue weighted by molar-refractivity contribution is 0.290. The average Bonchev–Trinajstić information content (AvgIpc) is 2.21. The smallest absolute Gasteiger partial charge is 0.0440 e. The van der Waals surface area contributed by atoms with Crippen molar-refractivity contribution in [3.63, 3.8) is 0 Å². The fourth-order valence-electron chi connectivity index (χ4n) is 1.34. The summed E-state index contributed by atoms with van der Waals surface area (Å²) < 4.78 is 0. The molecule has 82 valence electrons. The van der Waals surface area contributed by atoms with Crippen LogP contribution >= 0.6 is 0 Å². The van der Waals surface area contributed by atoms with Crippen LogP contribution in [0, 0.1) is 11.8 Å². The summed E-state index contributed by atoms with van der Waals surface area (Å²) in [6.07, 6.45) is 10.7. The van der Waals surface area contributed by atoms with Gasteiger partial charge in [-0.3, -0.25) is 0 Å². The minimum absolute atomic E-state index is 0.270.